The van der Waals surface area contributed by atoms with E-state index in [0.717, 1.165) is 19.0 Å². The Hall–Kier alpha value is -1.75. The molecule has 1 aromatic carbocycles. The number of nitrogens with one attached hydrogen (secondary N) is 1. The van der Waals surface area contributed by atoms with Gasteiger partial charge in [0, 0.05) is 12.6 Å². The maximum atomic E-state index is 12.2. The number of rotatable bonds is 6. The third kappa shape index (κ3) is 4.41. The van der Waals surface area contributed by atoms with E-state index in [4.69, 9.17) is 9.47 Å². The average molecular weight is 332 g/mol. The summed E-state index contributed by atoms with van der Waals surface area (Å²) < 4.78 is 11.3. The minimum atomic E-state index is -0.559. The predicted molar refractivity (Wildman–Crippen MR) is 93.5 cm³/mol. The molecule has 0 spiro atoms. The Bertz CT molecular complexity index is 543. The summed E-state index contributed by atoms with van der Waals surface area (Å²) in [7, 11) is 2.20. The van der Waals surface area contributed by atoms with E-state index in [0.29, 0.717) is 18.0 Å². The zero-order chi connectivity index (χ0) is 16.8. The number of nitrogens with zero attached hydrogens (tertiary/aromatic N) is 1. The lowest BCUT2D eigenvalue weighted by molar-refractivity contribution is -0.130. The van der Waals surface area contributed by atoms with E-state index in [-0.39, 0.29) is 12.5 Å². The molecular weight excluding hydrogens is 304 g/mol. The largest absolute Gasteiger partial charge is 0.485 e. The fourth-order valence-electron chi connectivity index (χ4n) is 3.51. The van der Waals surface area contributed by atoms with Crippen molar-refractivity contribution in [3.05, 3.63) is 24.3 Å². The van der Waals surface area contributed by atoms with Crippen LogP contribution in [-0.4, -0.2) is 49.7 Å². The summed E-state index contributed by atoms with van der Waals surface area (Å²) in [6.45, 7) is 1.97. The molecule has 3 rings (SSSR count). The highest BCUT2D eigenvalue weighted by Gasteiger charge is 2.26. The lowest BCUT2D eigenvalue weighted by atomic mass is 9.94. The van der Waals surface area contributed by atoms with Crippen molar-refractivity contribution in [1.82, 2.24) is 10.2 Å². The monoisotopic (exact) mass is 332 g/mol. The fraction of sp³-hybridized carbons (Fsp3) is 0.632. The molecule has 1 unspecified atom stereocenters. The van der Waals surface area contributed by atoms with Gasteiger partial charge in [0.2, 0.25) is 6.10 Å². The standard InChI is InChI=1S/C19H28N2O3/c1-21(15-8-3-2-4-9-15)13-7-12-20-19(22)18-14-23-16-10-5-6-11-17(16)24-18/h5-6,10-11,15,18H,2-4,7-9,12-14H2,1H3,(H,20,22). The van der Waals surface area contributed by atoms with Crippen LogP contribution in [0, 0.1) is 0 Å². The van der Waals surface area contributed by atoms with Crippen molar-refractivity contribution in [2.75, 3.05) is 26.7 Å². The first-order valence-electron chi connectivity index (χ1n) is 9.10. The van der Waals surface area contributed by atoms with Gasteiger partial charge >= 0.3 is 0 Å². The number of hydrogen-bond donors (Lipinski definition) is 1. The summed E-state index contributed by atoms with van der Waals surface area (Å²) in [6.07, 6.45) is 7.12. The minimum Gasteiger partial charge on any atom is -0.485 e. The Balaban J connectivity index is 1.36. The second-order valence-corrected chi connectivity index (χ2v) is 6.78. The lowest BCUT2D eigenvalue weighted by Crippen LogP contribution is -2.44. The van der Waals surface area contributed by atoms with E-state index in [9.17, 15) is 4.79 Å². The molecule has 1 N–H and O–H groups in total. The van der Waals surface area contributed by atoms with E-state index in [1.807, 2.05) is 24.3 Å². The van der Waals surface area contributed by atoms with Gasteiger partial charge in [0.1, 0.15) is 6.61 Å². The molecule has 5 nitrogen and oxygen atoms in total. The second kappa shape index (κ2) is 8.38. The number of benzene rings is 1. The molecule has 0 saturated heterocycles. The number of hydrogen-bond acceptors (Lipinski definition) is 4. The number of para-hydroxylation sites is 2. The Labute approximate surface area is 144 Å². The maximum Gasteiger partial charge on any atom is 0.264 e. The summed E-state index contributed by atoms with van der Waals surface area (Å²) in [4.78, 5) is 14.7. The van der Waals surface area contributed by atoms with Gasteiger partial charge < -0.3 is 19.7 Å². The molecule has 1 aliphatic heterocycles. The van der Waals surface area contributed by atoms with Gasteiger partial charge in [0.05, 0.1) is 0 Å². The molecule has 2 aliphatic rings. The Morgan fingerprint density at radius 2 is 1.96 bits per heavy atom. The summed E-state index contributed by atoms with van der Waals surface area (Å²) >= 11 is 0. The average Bonchev–Trinajstić information content (AvgIpc) is 2.65. The van der Waals surface area contributed by atoms with Gasteiger partial charge in [0.25, 0.3) is 5.91 Å². The van der Waals surface area contributed by atoms with Crippen LogP contribution >= 0.6 is 0 Å². The van der Waals surface area contributed by atoms with E-state index in [1.165, 1.54) is 32.1 Å². The topological polar surface area (TPSA) is 50.8 Å². The normalized spacial score (nSPS) is 20.8. The Morgan fingerprint density at radius 3 is 2.75 bits per heavy atom. The molecule has 1 fully saturated rings. The van der Waals surface area contributed by atoms with Crippen LogP contribution in [0.15, 0.2) is 24.3 Å². The molecule has 1 aliphatic carbocycles. The summed E-state index contributed by atoms with van der Waals surface area (Å²) in [5, 5.41) is 2.97. The van der Waals surface area contributed by atoms with Gasteiger partial charge in [-0.05, 0) is 45.0 Å². The third-order valence-electron chi connectivity index (χ3n) is 4.99. The van der Waals surface area contributed by atoms with Crippen molar-refractivity contribution in [2.45, 2.75) is 50.7 Å². The quantitative estimate of drug-likeness (QED) is 0.814. The SMILES string of the molecule is CN(CCCNC(=O)C1COc2ccccc2O1)C1CCCCC1. The predicted octanol–water partition coefficient (Wildman–Crippen LogP) is 2.60. The lowest BCUT2D eigenvalue weighted by Gasteiger charge is -2.31. The van der Waals surface area contributed by atoms with Crippen LogP contribution in [0.3, 0.4) is 0 Å². The van der Waals surface area contributed by atoms with E-state index in [1.54, 1.807) is 0 Å². The summed E-state index contributed by atoms with van der Waals surface area (Å²) in [5.74, 6) is 1.25. The van der Waals surface area contributed by atoms with E-state index < -0.39 is 6.10 Å². The number of carbonyl (C=O) groups excluding carboxylic acids is 1. The van der Waals surface area contributed by atoms with Gasteiger partial charge in [-0.15, -0.1) is 0 Å². The van der Waals surface area contributed by atoms with E-state index >= 15 is 0 Å². The van der Waals surface area contributed by atoms with Crippen LogP contribution in [0.5, 0.6) is 11.5 Å². The van der Waals surface area contributed by atoms with Gasteiger partial charge in [-0.2, -0.15) is 0 Å². The van der Waals surface area contributed by atoms with Crippen LogP contribution in [0.2, 0.25) is 0 Å². The maximum absolute atomic E-state index is 12.2. The van der Waals surface area contributed by atoms with Gasteiger partial charge in [-0.25, -0.2) is 0 Å². The zero-order valence-corrected chi connectivity index (χ0v) is 14.5. The summed E-state index contributed by atoms with van der Waals surface area (Å²) in [5.41, 5.74) is 0. The first-order chi connectivity index (χ1) is 11.7. The second-order valence-electron chi connectivity index (χ2n) is 6.78. The van der Waals surface area contributed by atoms with Crippen LogP contribution in [-0.2, 0) is 4.79 Å². The van der Waals surface area contributed by atoms with Crippen molar-refractivity contribution in [3.8, 4) is 11.5 Å². The molecule has 24 heavy (non-hydrogen) atoms. The molecule has 0 bridgehead atoms. The van der Waals surface area contributed by atoms with Crippen molar-refractivity contribution in [2.24, 2.45) is 0 Å². The van der Waals surface area contributed by atoms with Crippen LogP contribution in [0.25, 0.3) is 0 Å². The molecule has 132 valence electrons. The molecule has 0 radical (unpaired) electrons. The number of carbonyl (C=O) groups is 1. The third-order valence-corrected chi connectivity index (χ3v) is 4.99. The van der Waals surface area contributed by atoms with Crippen molar-refractivity contribution in [1.29, 1.82) is 0 Å². The first-order valence-corrected chi connectivity index (χ1v) is 9.10. The minimum absolute atomic E-state index is 0.0928. The molecule has 1 saturated carbocycles. The number of ether oxygens (including phenoxy) is 2. The van der Waals surface area contributed by atoms with Crippen LogP contribution in [0.4, 0.5) is 0 Å². The van der Waals surface area contributed by atoms with E-state index in [2.05, 4.69) is 17.3 Å². The van der Waals surface area contributed by atoms with Gasteiger partial charge in [-0.3, -0.25) is 4.79 Å². The van der Waals surface area contributed by atoms with Crippen molar-refractivity contribution < 1.29 is 14.3 Å². The van der Waals surface area contributed by atoms with Crippen molar-refractivity contribution in [3.63, 3.8) is 0 Å². The van der Waals surface area contributed by atoms with Gasteiger partial charge in [0.15, 0.2) is 11.5 Å². The molecule has 1 heterocycles. The van der Waals surface area contributed by atoms with Crippen LogP contribution < -0.4 is 14.8 Å². The number of fused-ring (bicyclic) bond motifs is 1. The molecule has 1 atom stereocenters. The van der Waals surface area contributed by atoms with Gasteiger partial charge in [-0.1, -0.05) is 31.4 Å². The Kier molecular flexibility index (Phi) is 5.96. The zero-order valence-electron chi connectivity index (χ0n) is 14.5. The fourth-order valence-corrected chi connectivity index (χ4v) is 3.51. The smallest absolute Gasteiger partial charge is 0.264 e. The highest BCUT2D eigenvalue weighted by molar-refractivity contribution is 5.81. The molecule has 0 aromatic heterocycles. The van der Waals surface area contributed by atoms with Crippen LogP contribution in [0.1, 0.15) is 38.5 Å². The molecule has 5 heteroatoms. The van der Waals surface area contributed by atoms with Crippen molar-refractivity contribution >= 4 is 5.91 Å². The number of amides is 1. The highest BCUT2D eigenvalue weighted by Crippen LogP contribution is 2.30. The molecule has 1 aromatic rings. The molecular formula is C19H28N2O3. The Morgan fingerprint density at radius 1 is 1.21 bits per heavy atom. The first kappa shape index (κ1) is 17.1. The molecule has 1 amide bonds. The summed E-state index contributed by atoms with van der Waals surface area (Å²) in [6, 6.07) is 8.18. The highest BCUT2D eigenvalue weighted by atomic mass is 16.6.